The SMILES string of the molecule is CCCCC(CC)COC(=O)C(CCCC)(C(C)(C)C)C1(C(CC)CCCC)OO1. The summed E-state index contributed by atoms with van der Waals surface area (Å²) >= 11 is 0. The maximum Gasteiger partial charge on any atom is 0.318 e. The van der Waals surface area contributed by atoms with E-state index >= 15 is 0 Å². The second-order valence-electron chi connectivity index (χ2n) is 10.4. The molecule has 0 saturated carbocycles. The van der Waals surface area contributed by atoms with E-state index in [4.69, 9.17) is 14.5 Å². The van der Waals surface area contributed by atoms with Gasteiger partial charge in [0.1, 0.15) is 5.41 Å². The van der Waals surface area contributed by atoms with Gasteiger partial charge in [-0.25, -0.2) is 0 Å². The summed E-state index contributed by atoms with van der Waals surface area (Å²) in [5.74, 6) is -0.349. The van der Waals surface area contributed by atoms with Gasteiger partial charge in [0.05, 0.1) is 6.61 Å². The average molecular weight is 427 g/mol. The van der Waals surface area contributed by atoms with Gasteiger partial charge in [-0.3, -0.25) is 4.79 Å². The molecule has 0 aliphatic carbocycles. The van der Waals surface area contributed by atoms with E-state index in [1.165, 1.54) is 12.8 Å². The van der Waals surface area contributed by atoms with Crippen LogP contribution in [-0.2, 0) is 19.3 Å². The Hall–Kier alpha value is -0.610. The van der Waals surface area contributed by atoms with Crippen LogP contribution in [-0.4, -0.2) is 18.4 Å². The molecule has 1 heterocycles. The Kier molecular flexibility index (Phi) is 11.4. The summed E-state index contributed by atoms with van der Waals surface area (Å²) in [6, 6.07) is 0. The lowest BCUT2D eigenvalue weighted by Gasteiger charge is -2.46. The van der Waals surface area contributed by atoms with Crippen LogP contribution in [0, 0.1) is 22.7 Å². The molecule has 0 bridgehead atoms. The first-order valence-electron chi connectivity index (χ1n) is 12.7. The second-order valence-corrected chi connectivity index (χ2v) is 10.4. The number of hydrogen-bond acceptors (Lipinski definition) is 4. The smallest absolute Gasteiger partial charge is 0.318 e. The highest BCUT2D eigenvalue weighted by atomic mass is 17.4. The van der Waals surface area contributed by atoms with E-state index < -0.39 is 11.2 Å². The number of rotatable bonds is 16. The molecule has 0 aromatic heterocycles. The minimum atomic E-state index is -0.855. The van der Waals surface area contributed by atoms with E-state index in [1.807, 2.05) is 0 Å². The van der Waals surface area contributed by atoms with Gasteiger partial charge in [0.25, 0.3) is 5.79 Å². The summed E-state index contributed by atoms with van der Waals surface area (Å²) in [5.41, 5.74) is -1.13. The van der Waals surface area contributed by atoms with Gasteiger partial charge in [0.2, 0.25) is 0 Å². The Morgan fingerprint density at radius 2 is 1.43 bits per heavy atom. The first kappa shape index (κ1) is 27.4. The van der Waals surface area contributed by atoms with Crippen LogP contribution >= 0.6 is 0 Å². The van der Waals surface area contributed by atoms with Crippen molar-refractivity contribution in [2.75, 3.05) is 6.61 Å². The van der Waals surface area contributed by atoms with Crippen LogP contribution in [0.4, 0.5) is 0 Å². The third kappa shape index (κ3) is 6.00. The fourth-order valence-electron chi connectivity index (χ4n) is 5.06. The van der Waals surface area contributed by atoms with Gasteiger partial charge in [0, 0.05) is 5.92 Å². The van der Waals surface area contributed by atoms with E-state index in [2.05, 4.69) is 55.4 Å². The summed E-state index contributed by atoms with van der Waals surface area (Å²) in [6.45, 7) is 17.9. The molecule has 1 rings (SSSR count). The normalized spacial score (nSPS) is 19.7. The molecular weight excluding hydrogens is 376 g/mol. The van der Waals surface area contributed by atoms with E-state index in [1.54, 1.807) is 0 Å². The minimum Gasteiger partial charge on any atom is -0.465 e. The number of carbonyl (C=O) groups excluding carboxylic acids is 1. The van der Waals surface area contributed by atoms with Gasteiger partial charge in [-0.1, -0.05) is 100 Å². The molecule has 178 valence electrons. The van der Waals surface area contributed by atoms with Gasteiger partial charge >= 0.3 is 5.97 Å². The lowest BCUT2D eigenvalue weighted by Crippen LogP contribution is -2.57. The van der Waals surface area contributed by atoms with Crippen molar-refractivity contribution in [3.8, 4) is 0 Å². The quantitative estimate of drug-likeness (QED) is 0.143. The number of esters is 1. The van der Waals surface area contributed by atoms with Crippen molar-refractivity contribution in [1.29, 1.82) is 0 Å². The zero-order valence-electron chi connectivity index (χ0n) is 21.3. The van der Waals surface area contributed by atoms with Crippen molar-refractivity contribution < 1.29 is 19.3 Å². The van der Waals surface area contributed by atoms with E-state index in [0.717, 1.165) is 57.8 Å². The molecule has 1 aliphatic heterocycles. The standard InChI is InChI=1S/C26H50O4/c1-9-14-17-21(12-4)20-28-23(27)25(19-16-11-3,24(6,7)8)26(29-30-26)22(13-5)18-15-10-2/h21-22H,9-20H2,1-8H3. The fourth-order valence-corrected chi connectivity index (χ4v) is 5.06. The Balaban J connectivity index is 3.24. The summed E-state index contributed by atoms with van der Waals surface area (Å²) in [5, 5.41) is 0. The third-order valence-corrected chi connectivity index (χ3v) is 7.32. The number of hydrogen-bond donors (Lipinski definition) is 0. The van der Waals surface area contributed by atoms with Crippen LogP contribution < -0.4 is 0 Å². The first-order chi connectivity index (χ1) is 14.2. The molecule has 1 saturated heterocycles. The highest BCUT2D eigenvalue weighted by molar-refractivity contribution is 5.79. The van der Waals surface area contributed by atoms with Crippen molar-refractivity contribution >= 4 is 5.97 Å². The number of carbonyl (C=O) groups is 1. The van der Waals surface area contributed by atoms with Gasteiger partial charge < -0.3 is 4.74 Å². The molecular formula is C26H50O4. The van der Waals surface area contributed by atoms with Crippen molar-refractivity contribution in [3.63, 3.8) is 0 Å². The Morgan fingerprint density at radius 1 is 0.867 bits per heavy atom. The molecule has 0 aromatic carbocycles. The van der Waals surface area contributed by atoms with Crippen LogP contribution in [0.25, 0.3) is 0 Å². The van der Waals surface area contributed by atoms with E-state index in [0.29, 0.717) is 12.5 Å². The zero-order valence-corrected chi connectivity index (χ0v) is 21.3. The molecule has 4 nitrogen and oxygen atoms in total. The van der Waals surface area contributed by atoms with E-state index in [9.17, 15) is 4.79 Å². The Bertz CT molecular complexity index is 492. The van der Waals surface area contributed by atoms with Crippen LogP contribution in [0.2, 0.25) is 0 Å². The van der Waals surface area contributed by atoms with E-state index in [-0.39, 0.29) is 17.3 Å². The second kappa shape index (κ2) is 12.4. The first-order valence-corrected chi connectivity index (χ1v) is 12.7. The van der Waals surface area contributed by atoms with Crippen molar-refractivity contribution in [3.05, 3.63) is 0 Å². The summed E-state index contributed by atoms with van der Waals surface area (Å²) in [7, 11) is 0. The lowest BCUT2D eigenvalue weighted by atomic mass is 9.56. The highest BCUT2D eigenvalue weighted by Gasteiger charge is 2.76. The molecule has 0 spiro atoms. The molecule has 3 atom stereocenters. The van der Waals surface area contributed by atoms with Crippen molar-refractivity contribution in [2.24, 2.45) is 22.7 Å². The van der Waals surface area contributed by atoms with Gasteiger partial charge in [-0.2, -0.15) is 9.78 Å². The predicted molar refractivity (Wildman–Crippen MR) is 124 cm³/mol. The van der Waals surface area contributed by atoms with Crippen molar-refractivity contribution in [1.82, 2.24) is 0 Å². The van der Waals surface area contributed by atoms with Gasteiger partial charge in [-0.05, 0) is 37.0 Å². The number of ether oxygens (including phenoxy) is 1. The van der Waals surface area contributed by atoms with Crippen LogP contribution in [0.5, 0.6) is 0 Å². The Labute approximate surface area is 186 Å². The van der Waals surface area contributed by atoms with Gasteiger partial charge in [-0.15, -0.1) is 0 Å². The molecule has 0 aromatic rings. The molecule has 30 heavy (non-hydrogen) atoms. The van der Waals surface area contributed by atoms with Gasteiger partial charge in [0.15, 0.2) is 0 Å². The largest absolute Gasteiger partial charge is 0.465 e. The molecule has 1 aliphatic rings. The maximum absolute atomic E-state index is 13.9. The molecule has 0 N–H and O–H groups in total. The average Bonchev–Trinajstić information content (AvgIpc) is 3.50. The Morgan fingerprint density at radius 3 is 1.87 bits per heavy atom. The monoisotopic (exact) mass is 426 g/mol. The topological polar surface area (TPSA) is 51.4 Å². The summed E-state index contributed by atoms with van der Waals surface area (Å²) in [4.78, 5) is 25.6. The molecule has 3 unspecified atom stereocenters. The van der Waals surface area contributed by atoms with Crippen molar-refractivity contribution in [2.45, 2.75) is 132 Å². The molecule has 0 radical (unpaired) electrons. The summed E-state index contributed by atoms with van der Waals surface area (Å²) < 4.78 is 6.11. The summed E-state index contributed by atoms with van der Waals surface area (Å²) in [6.07, 6.45) is 11.4. The zero-order chi connectivity index (χ0) is 22.8. The molecule has 1 fully saturated rings. The third-order valence-electron chi connectivity index (χ3n) is 7.32. The minimum absolute atomic E-state index is 0.120. The van der Waals surface area contributed by atoms with Crippen LogP contribution in [0.1, 0.15) is 126 Å². The maximum atomic E-state index is 13.9. The predicted octanol–water partition coefficient (Wildman–Crippen LogP) is 7.84. The molecule has 0 amide bonds. The molecule has 4 heteroatoms. The fraction of sp³-hybridized carbons (Fsp3) is 0.962. The van der Waals surface area contributed by atoms with Crippen LogP contribution in [0.15, 0.2) is 0 Å². The van der Waals surface area contributed by atoms with Crippen LogP contribution in [0.3, 0.4) is 0 Å². The number of unbranched alkanes of at least 4 members (excludes halogenated alkanes) is 3. The highest BCUT2D eigenvalue weighted by Crippen LogP contribution is 2.63. The lowest BCUT2D eigenvalue weighted by molar-refractivity contribution is -0.180.